The summed E-state index contributed by atoms with van der Waals surface area (Å²) in [5.41, 5.74) is 1.30. The minimum atomic E-state index is -0.945. The number of alkyl halides is 2. The Bertz CT molecular complexity index is 408. The van der Waals surface area contributed by atoms with Gasteiger partial charge in [-0.1, -0.05) is 62.2 Å². The molecule has 2 rings (SSSR count). The van der Waals surface area contributed by atoms with Gasteiger partial charge in [0.25, 0.3) is 0 Å². The molecular weight excluding hydrogens is 360 g/mol. The summed E-state index contributed by atoms with van der Waals surface area (Å²) in [7, 11) is 0. The summed E-state index contributed by atoms with van der Waals surface area (Å²) >= 11 is 7.13. The van der Waals surface area contributed by atoms with Crippen molar-refractivity contribution in [1.82, 2.24) is 0 Å². The highest BCUT2D eigenvalue weighted by Crippen LogP contribution is 2.39. The molecular formula is C14H15Br2O2-. The van der Waals surface area contributed by atoms with E-state index in [4.69, 9.17) is 0 Å². The van der Waals surface area contributed by atoms with Gasteiger partial charge in [-0.05, 0) is 30.7 Å². The van der Waals surface area contributed by atoms with E-state index in [0.717, 1.165) is 12.8 Å². The highest BCUT2D eigenvalue weighted by molar-refractivity contribution is 9.10. The molecule has 98 valence electrons. The molecule has 0 N–H and O–H groups in total. The molecule has 0 aromatic heterocycles. The predicted octanol–water partition coefficient (Wildman–Crippen LogP) is 2.53. The number of halogens is 2. The fourth-order valence-corrected chi connectivity index (χ4v) is 4.27. The molecule has 4 atom stereocenters. The Morgan fingerprint density at radius 2 is 1.83 bits per heavy atom. The third-order valence-electron chi connectivity index (χ3n) is 3.60. The molecule has 1 aliphatic carbocycles. The summed E-state index contributed by atoms with van der Waals surface area (Å²) in [6.45, 7) is 0. The first-order valence-corrected chi connectivity index (χ1v) is 7.94. The van der Waals surface area contributed by atoms with Crippen LogP contribution in [-0.4, -0.2) is 15.6 Å². The van der Waals surface area contributed by atoms with Gasteiger partial charge in [-0.3, -0.25) is 0 Å². The summed E-state index contributed by atoms with van der Waals surface area (Å²) in [6, 6.07) is 10.3. The van der Waals surface area contributed by atoms with Crippen molar-refractivity contribution in [2.75, 3.05) is 0 Å². The minimum Gasteiger partial charge on any atom is -0.550 e. The first-order chi connectivity index (χ1) is 8.58. The van der Waals surface area contributed by atoms with E-state index >= 15 is 0 Å². The fraction of sp³-hybridized carbons (Fsp3) is 0.500. The van der Waals surface area contributed by atoms with Crippen molar-refractivity contribution < 1.29 is 9.90 Å². The van der Waals surface area contributed by atoms with Gasteiger partial charge in [0, 0.05) is 21.5 Å². The van der Waals surface area contributed by atoms with Crippen LogP contribution in [0.25, 0.3) is 0 Å². The lowest BCUT2D eigenvalue weighted by molar-refractivity contribution is -0.312. The standard InChI is InChI=1S/C14H16Br2O2/c15-12-8-11(14(17)18)13(16)7-10(12)6-9-4-2-1-3-5-9/h1-5,10-13H,6-8H2,(H,17,18)/p-1/t10-,11+,12-,13+/m1/s1. The Labute approximate surface area is 124 Å². The summed E-state index contributed by atoms with van der Waals surface area (Å²) in [4.78, 5) is 11.3. The molecule has 18 heavy (non-hydrogen) atoms. The van der Waals surface area contributed by atoms with Gasteiger partial charge < -0.3 is 9.90 Å². The molecule has 1 aromatic rings. The van der Waals surface area contributed by atoms with Gasteiger partial charge in [0.05, 0.1) is 0 Å². The number of aliphatic carboxylic acids is 1. The number of hydrogen-bond acceptors (Lipinski definition) is 2. The van der Waals surface area contributed by atoms with Crippen LogP contribution >= 0.6 is 31.9 Å². The van der Waals surface area contributed by atoms with Gasteiger partial charge in [0.1, 0.15) is 0 Å². The van der Waals surface area contributed by atoms with Crippen molar-refractivity contribution >= 4 is 37.8 Å². The average Bonchev–Trinajstić information content (AvgIpc) is 2.34. The molecule has 0 aliphatic heterocycles. The maximum absolute atomic E-state index is 11.0. The maximum Gasteiger partial charge on any atom is 0.0456 e. The van der Waals surface area contributed by atoms with Gasteiger partial charge in [0.15, 0.2) is 0 Å². The maximum atomic E-state index is 11.0. The largest absolute Gasteiger partial charge is 0.550 e. The minimum absolute atomic E-state index is 0.0185. The Hall–Kier alpha value is -0.350. The Balaban J connectivity index is 2.01. The van der Waals surface area contributed by atoms with E-state index in [0.29, 0.717) is 12.3 Å². The van der Waals surface area contributed by atoms with Crippen molar-refractivity contribution in [1.29, 1.82) is 0 Å². The number of carbonyl (C=O) groups is 1. The van der Waals surface area contributed by atoms with E-state index in [1.54, 1.807) is 0 Å². The fourth-order valence-electron chi connectivity index (χ4n) is 2.56. The zero-order valence-corrected chi connectivity index (χ0v) is 13.1. The van der Waals surface area contributed by atoms with Crippen molar-refractivity contribution in [3.63, 3.8) is 0 Å². The van der Waals surface area contributed by atoms with Crippen LogP contribution in [0.2, 0.25) is 0 Å². The Morgan fingerprint density at radius 1 is 1.17 bits per heavy atom. The molecule has 1 fully saturated rings. The lowest BCUT2D eigenvalue weighted by Gasteiger charge is -2.37. The van der Waals surface area contributed by atoms with Gasteiger partial charge in [0.2, 0.25) is 0 Å². The van der Waals surface area contributed by atoms with Gasteiger partial charge in [-0.2, -0.15) is 0 Å². The number of rotatable bonds is 3. The second kappa shape index (κ2) is 6.20. The second-order valence-corrected chi connectivity index (χ2v) is 7.23. The number of hydrogen-bond donors (Lipinski definition) is 0. The highest BCUT2D eigenvalue weighted by atomic mass is 79.9. The molecule has 1 aliphatic rings. The van der Waals surface area contributed by atoms with Crippen LogP contribution < -0.4 is 5.11 Å². The van der Waals surface area contributed by atoms with Gasteiger partial charge >= 0.3 is 0 Å². The number of benzene rings is 1. The van der Waals surface area contributed by atoms with Crippen molar-refractivity contribution in [3.05, 3.63) is 35.9 Å². The van der Waals surface area contributed by atoms with Crippen LogP contribution in [0.1, 0.15) is 18.4 Å². The van der Waals surface area contributed by atoms with E-state index in [1.165, 1.54) is 5.56 Å². The molecule has 0 radical (unpaired) electrons. The monoisotopic (exact) mass is 373 g/mol. The smallest absolute Gasteiger partial charge is 0.0456 e. The van der Waals surface area contributed by atoms with Crippen LogP contribution in [0.15, 0.2) is 30.3 Å². The van der Waals surface area contributed by atoms with Crippen LogP contribution in [0.3, 0.4) is 0 Å². The van der Waals surface area contributed by atoms with Crippen LogP contribution in [-0.2, 0) is 11.2 Å². The predicted molar refractivity (Wildman–Crippen MR) is 76.8 cm³/mol. The molecule has 0 heterocycles. The molecule has 1 aromatic carbocycles. The lowest BCUT2D eigenvalue weighted by Crippen LogP contribution is -2.43. The highest BCUT2D eigenvalue weighted by Gasteiger charge is 2.35. The first kappa shape index (κ1) is 14.1. The van der Waals surface area contributed by atoms with Crippen LogP contribution in [0.4, 0.5) is 0 Å². The van der Waals surface area contributed by atoms with E-state index in [-0.39, 0.29) is 15.6 Å². The number of carboxylic acid groups (broad SMARTS) is 1. The Kier molecular flexibility index (Phi) is 4.84. The summed E-state index contributed by atoms with van der Waals surface area (Å²) in [5.74, 6) is -0.867. The normalized spacial score (nSPS) is 32.1. The van der Waals surface area contributed by atoms with Crippen molar-refractivity contribution in [2.24, 2.45) is 11.8 Å². The second-order valence-electron chi connectivity index (χ2n) is 4.88. The summed E-state index contributed by atoms with van der Waals surface area (Å²) < 4.78 is 0. The summed E-state index contributed by atoms with van der Waals surface area (Å²) in [5, 5.41) is 11.0. The van der Waals surface area contributed by atoms with Crippen molar-refractivity contribution in [2.45, 2.75) is 28.9 Å². The first-order valence-electron chi connectivity index (χ1n) is 6.11. The van der Waals surface area contributed by atoms with Gasteiger partial charge in [-0.25, -0.2) is 0 Å². The molecule has 0 bridgehead atoms. The topological polar surface area (TPSA) is 40.1 Å². The van der Waals surface area contributed by atoms with E-state index < -0.39 is 5.97 Å². The quantitative estimate of drug-likeness (QED) is 0.762. The summed E-state index contributed by atoms with van der Waals surface area (Å²) in [6.07, 6.45) is 2.48. The van der Waals surface area contributed by atoms with Crippen molar-refractivity contribution in [3.8, 4) is 0 Å². The molecule has 4 heteroatoms. The molecule has 0 unspecified atom stereocenters. The zero-order chi connectivity index (χ0) is 13.1. The molecule has 0 saturated heterocycles. The third-order valence-corrected chi connectivity index (χ3v) is 5.73. The molecule has 2 nitrogen and oxygen atoms in total. The Morgan fingerprint density at radius 3 is 2.44 bits per heavy atom. The third kappa shape index (κ3) is 3.35. The van der Waals surface area contributed by atoms with E-state index in [2.05, 4.69) is 44.0 Å². The SMILES string of the molecule is O=C([O-])[C@H]1C[C@@H](Br)[C@H](Cc2ccccc2)C[C@@H]1Br. The molecule has 0 spiro atoms. The lowest BCUT2D eigenvalue weighted by atomic mass is 9.79. The van der Waals surface area contributed by atoms with Crippen LogP contribution in [0.5, 0.6) is 0 Å². The molecule has 1 saturated carbocycles. The van der Waals surface area contributed by atoms with E-state index in [1.807, 2.05) is 18.2 Å². The zero-order valence-electron chi connectivity index (χ0n) is 9.89. The van der Waals surface area contributed by atoms with Gasteiger partial charge in [-0.15, -0.1) is 0 Å². The van der Waals surface area contributed by atoms with E-state index in [9.17, 15) is 9.90 Å². The van der Waals surface area contributed by atoms with Crippen LogP contribution in [0, 0.1) is 11.8 Å². The number of carbonyl (C=O) groups excluding carboxylic acids is 1. The molecule has 0 amide bonds. The number of carboxylic acids is 1. The average molecular weight is 375 g/mol.